The van der Waals surface area contributed by atoms with Gasteiger partial charge in [-0.3, -0.25) is 4.79 Å². The van der Waals surface area contributed by atoms with Crippen LogP contribution in [0.25, 0.3) is 0 Å². The molecule has 2 aromatic heterocycles. The minimum absolute atomic E-state index is 0.0110. The summed E-state index contributed by atoms with van der Waals surface area (Å²) >= 11 is 0. The molecular weight excluding hydrogens is 492 g/mol. The topological polar surface area (TPSA) is 159 Å². The lowest BCUT2D eigenvalue weighted by Crippen LogP contribution is -2.36. The second-order valence-corrected chi connectivity index (χ2v) is 10.5. The van der Waals surface area contributed by atoms with Crippen LogP contribution in [0.2, 0.25) is 0 Å². The van der Waals surface area contributed by atoms with Crippen LogP contribution in [0.3, 0.4) is 0 Å². The first kappa shape index (κ1) is 31.9. The Morgan fingerprint density at radius 1 is 0.921 bits per heavy atom. The van der Waals surface area contributed by atoms with Crippen molar-refractivity contribution in [2.24, 2.45) is 5.92 Å². The van der Waals surface area contributed by atoms with Crippen LogP contribution >= 0.6 is 0 Å². The van der Waals surface area contributed by atoms with Crippen molar-refractivity contribution < 1.29 is 38.8 Å². The number of carbonyl (C=O) groups is 1. The van der Waals surface area contributed by atoms with E-state index in [1.165, 1.54) is 70.7 Å². The largest absolute Gasteiger partial charge is 0.445 e. The summed E-state index contributed by atoms with van der Waals surface area (Å²) in [5.74, 6) is 0.575. The predicted molar refractivity (Wildman–Crippen MR) is 140 cm³/mol. The molecule has 2 rings (SSSR count). The maximum Gasteiger partial charge on any atom is 0.307 e. The van der Waals surface area contributed by atoms with Crippen molar-refractivity contribution in [3.63, 3.8) is 0 Å². The highest BCUT2D eigenvalue weighted by atomic mass is 16.6. The van der Waals surface area contributed by atoms with Gasteiger partial charge in [-0.15, -0.1) is 0 Å². The summed E-state index contributed by atoms with van der Waals surface area (Å²) in [6.45, 7) is 5.87. The fourth-order valence-corrected chi connectivity index (χ4v) is 4.22. The minimum atomic E-state index is -1.42. The van der Waals surface area contributed by atoms with Gasteiger partial charge in [0, 0.05) is 12.8 Å². The summed E-state index contributed by atoms with van der Waals surface area (Å²) in [7, 11) is 0. The number of aliphatic hydroxyl groups excluding tert-OH is 4. The number of rotatable bonds is 20. The molecule has 0 bridgehead atoms. The molecule has 1 unspecified atom stereocenters. The molecule has 0 radical (unpaired) electrons. The highest BCUT2D eigenvalue weighted by Crippen LogP contribution is 2.29. The lowest BCUT2D eigenvalue weighted by molar-refractivity contribution is -0.149. The molecule has 0 aliphatic heterocycles. The third kappa shape index (κ3) is 11.6. The summed E-state index contributed by atoms with van der Waals surface area (Å²) < 4.78 is 16.3. The van der Waals surface area contributed by atoms with Crippen molar-refractivity contribution in [3.8, 4) is 0 Å². The second-order valence-electron chi connectivity index (χ2n) is 10.5. The number of oxazole rings is 2. The Labute approximate surface area is 225 Å². The zero-order chi connectivity index (χ0) is 27.9. The number of hydrogen-bond acceptors (Lipinski definition) is 10. The third-order valence-electron chi connectivity index (χ3n) is 6.58. The number of esters is 1. The van der Waals surface area contributed by atoms with E-state index in [0.29, 0.717) is 0 Å². The molecule has 0 aromatic carbocycles. The average molecular weight is 539 g/mol. The molecule has 5 atom stereocenters. The van der Waals surface area contributed by atoms with Gasteiger partial charge in [0.1, 0.15) is 24.2 Å². The molecule has 10 heteroatoms. The van der Waals surface area contributed by atoms with Gasteiger partial charge in [-0.25, -0.2) is 9.97 Å². The molecule has 0 saturated carbocycles. The normalized spacial score (nSPS) is 15.8. The number of hydrogen-bond donors (Lipinski definition) is 4. The van der Waals surface area contributed by atoms with E-state index in [2.05, 4.69) is 23.8 Å². The Balaban J connectivity index is 1.77. The van der Waals surface area contributed by atoms with E-state index in [1.54, 1.807) is 0 Å². The second kappa shape index (κ2) is 17.3. The van der Waals surface area contributed by atoms with Gasteiger partial charge in [-0.1, -0.05) is 71.6 Å². The molecule has 0 aliphatic rings. The van der Waals surface area contributed by atoms with Gasteiger partial charge in [0.15, 0.2) is 12.2 Å². The third-order valence-corrected chi connectivity index (χ3v) is 6.58. The Kier molecular flexibility index (Phi) is 14.6. The predicted octanol–water partition coefficient (Wildman–Crippen LogP) is 4.77. The first-order valence-electron chi connectivity index (χ1n) is 13.9. The van der Waals surface area contributed by atoms with Crippen LogP contribution in [0, 0.1) is 5.92 Å². The van der Waals surface area contributed by atoms with Crippen molar-refractivity contribution in [1.29, 1.82) is 0 Å². The fourth-order valence-electron chi connectivity index (χ4n) is 4.22. The van der Waals surface area contributed by atoms with Crippen molar-refractivity contribution in [1.82, 2.24) is 9.97 Å². The van der Waals surface area contributed by atoms with E-state index in [9.17, 15) is 25.2 Å². The monoisotopic (exact) mass is 538 g/mol. The van der Waals surface area contributed by atoms with E-state index in [1.807, 2.05) is 0 Å². The molecule has 0 spiro atoms. The van der Waals surface area contributed by atoms with E-state index >= 15 is 0 Å². The van der Waals surface area contributed by atoms with Crippen molar-refractivity contribution in [3.05, 3.63) is 36.2 Å². The van der Waals surface area contributed by atoms with Gasteiger partial charge >= 0.3 is 5.97 Å². The summed E-state index contributed by atoms with van der Waals surface area (Å²) in [5, 5.41) is 39.6. The zero-order valence-corrected chi connectivity index (χ0v) is 23.0. The van der Waals surface area contributed by atoms with Crippen LogP contribution in [0.4, 0.5) is 0 Å². The molecule has 0 aliphatic carbocycles. The number of carbonyl (C=O) groups excluding carboxylic acids is 1. The van der Waals surface area contributed by atoms with Crippen LogP contribution in [-0.4, -0.2) is 54.7 Å². The average Bonchev–Trinajstić information content (AvgIpc) is 3.58. The van der Waals surface area contributed by atoms with E-state index in [0.717, 1.165) is 25.2 Å². The van der Waals surface area contributed by atoms with Crippen LogP contribution in [0.15, 0.2) is 27.7 Å². The van der Waals surface area contributed by atoms with E-state index in [-0.39, 0.29) is 30.2 Å². The molecule has 4 N–H and O–H groups in total. The Hall–Kier alpha value is -2.27. The number of ether oxygens (including phenoxy) is 1. The molecular formula is C28H46N2O8. The molecule has 10 nitrogen and oxygen atoms in total. The quantitative estimate of drug-likeness (QED) is 0.137. The molecule has 0 saturated heterocycles. The van der Waals surface area contributed by atoms with Crippen molar-refractivity contribution in [2.45, 2.75) is 128 Å². The number of nitrogens with zero attached hydrogens (tertiary/aromatic N) is 2. The number of unbranched alkanes of at least 4 members (excludes halogenated alkanes) is 8. The van der Waals surface area contributed by atoms with Crippen LogP contribution < -0.4 is 0 Å². The molecule has 0 fully saturated rings. The van der Waals surface area contributed by atoms with Crippen molar-refractivity contribution >= 4 is 5.97 Å². The summed E-state index contributed by atoms with van der Waals surface area (Å²) in [5.41, 5.74) is 0.0809. The smallest absolute Gasteiger partial charge is 0.307 e. The number of aliphatic hydroxyl groups is 4. The van der Waals surface area contributed by atoms with Gasteiger partial charge in [0.05, 0.1) is 18.4 Å². The molecule has 38 heavy (non-hydrogen) atoms. The molecule has 2 heterocycles. The maximum absolute atomic E-state index is 12.5. The maximum atomic E-state index is 12.5. The molecule has 0 amide bonds. The van der Waals surface area contributed by atoms with E-state index in [4.69, 9.17) is 13.6 Å². The Bertz CT molecular complexity index is 883. The first-order chi connectivity index (χ1) is 18.2. The van der Waals surface area contributed by atoms with Crippen LogP contribution in [0.1, 0.15) is 127 Å². The number of aromatic nitrogens is 2. The van der Waals surface area contributed by atoms with Gasteiger partial charge in [0.25, 0.3) is 0 Å². The van der Waals surface area contributed by atoms with E-state index < -0.39 is 36.5 Å². The van der Waals surface area contributed by atoms with Crippen LogP contribution in [0.5, 0.6) is 0 Å². The molecule has 2 aromatic rings. The van der Waals surface area contributed by atoms with Crippen LogP contribution in [-0.2, 0) is 9.53 Å². The minimum Gasteiger partial charge on any atom is -0.445 e. The summed E-state index contributed by atoms with van der Waals surface area (Å²) in [4.78, 5) is 20.6. The highest BCUT2D eigenvalue weighted by molar-refractivity contribution is 5.69. The lowest BCUT2D eigenvalue weighted by Gasteiger charge is -2.21. The van der Waals surface area contributed by atoms with Gasteiger partial charge in [-0.05, 0) is 19.3 Å². The lowest BCUT2D eigenvalue weighted by atomic mass is 10.0. The summed E-state index contributed by atoms with van der Waals surface area (Å²) in [6.07, 6.45) is 9.12. The van der Waals surface area contributed by atoms with Gasteiger partial charge in [0.2, 0.25) is 12.0 Å². The van der Waals surface area contributed by atoms with Gasteiger partial charge < -0.3 is 34.0 Å². The highest BCUT2D eigenvalue weighted by Gasteiger charge is 2.30. The molecule has 216 valence electrons. The summed E-state index contributed by atoms with van der Waals surface area (Å²) in [6, 6.07) is 0. The standard InChI is InChI=1S/C28H46N2O8/c1-19(2)13-11-9-7-5-4-6-8-10-12-14-25(34)38-27(24-16-29-18-37-24)28-30-21(17-36-28)22(32)15-23(33)26(35)20(3)31/h16-20,22-23,26-27,31-33,35H,4-15H2,1-3H3/t20-,22+,23-,26+,27?/m0/s1. The Morgan fingerprint density at radius 2 is 1.55 bits per heavy atom. The first-order valence-corrected chi connectivity index (χ1v) is 13.9. The Morgan fingerprint density at radius 3 is 2.13 bits per heavy atom. The van der Waals surface area contributed by atoms with Gasteiger partial charge in [-0.2, -0.15) is 0 Å². The SMILES string of the molecule is CC(C)CCCCCCCCCCCC(=O)OC(c1cnco1)c1nc([C@H](O)C[C@H](O)[C@H](O)[C@H](C)O)co1. The van der Waals surface area contributed by atoms with Crippen molar-refractivity contribution in [2.75, 3.05) is 0 Å². The fraction of sp³-hybridized carbons (Fsp3) is 0.750. The zero-order valence-electron chi connectivity index (χ0n) is 23.0.